The Morgan fingerprint density at radius 2 is 2.05 bits per heavy atom. The Balaban J connectivity index is 1.59. The zero-order chi connectivity index (χ0) is 15.1. The highest BCUT2D eigenvalue weighted by molar-refractivity contribution is 5.88. The molecule has 21 heavy (non-hydrogen) atoms. The normalized spacial score (nSPS) is 10.2. The lowest BCUT2D eigenvalue weighted by Gasteiger charge is -2.07. The fourth-order valence-electron chi connectivity index (χ4n) is 1.68. The lowest BCUT2D eigenvalue weighted by atomic mass is 10.2. The van der Waals surface area contributed by atoms with Crippen molar-refractivity contribution in [3.05, 3.63) is 41.7 Å². The van der Waals surface area contributed by atoms with Crippen molar-refractivity contribution in [1.82, 2.24) is 10.5 Å². The minimum atomic E-state index is -0.307. The van der Waals surface area contributed by atoms with Crippen molar-refractivity contribution in [3.8, 4) is 5.75 Å². The molecule has 0 aliphatic carbocycles. The van der Waals surface area contributed by atoms with Crippen LogP contribution in [0, 0.1) is 13.8 Å². The van der Waals surface area contributed by atoms with Gasteiger partial charge >= 0.3 is 6.03 Å². The van der Waals surface area contributed by atoms with Crippen molar-refractivity contribution in [2.75, 3.05) is 18.5 Å². The van der Waals surface area contributed by atoms with Crippen molar-refractivity contribution in [2.45, 2.75) is 20.3 Å². The van der Waals surface area contributed by atoms with E-state index in [0.717, 1.165) is 12.2 Å². The molecule has 0 radical (unpaired) electrons. The predicted octanol–water partition coefficient (Wildman–Crippen LogP) is 2.88. The van der Waals surface area contributed by atoms with E-state index in [1.807, 2.05) is 31.2 Å². The molecule has 1 aromatic carbocycles. The first kappa shape index (κ1) is 14.9. The summed E-state index contributed by atoms with van der Waals surface area (Å²) in [7, 11) is 0. The van der Waals surface area contributed by atoms with Gasteiger partial charge in [0.25, 0.3) is 0 Å². The summed E-state index contributed by atoms with van der Waals surface area (Å²) in [5.74, 6) is 1.89. The second kappa shape index (κ2) is 7.33. The van der Waals surface area contributed by atoms with Gasteiger partial charge in [0.15, 0.2) is 5.82 Å². The van der Waals surface area contributed by atoms with Crippen LogP contribution in [0.2, 0.25) is 0 Å². The fraction of sp³-hybridized carbons (Fsp3) is 0.333. The summed E-state index contributed by atoms with van der Waals surface area (Å²) in [6.45, 7) is 4.86. The van der Waals surface area contributed by atoms with Gasteiger partial charge < -0.3 is 14.6 Å². The quantitative estimate of drug-likeness (QED) is 0.802. The Bertz CT molecular complexity index is 578. The van der Waals surface area contributed by atoms with Crippen LogP contribution in [-0.2, 0) is 0 Å². The van der Waals surface area contributed by atoms with Gasteiger partial charge in [-0.2, -0.15) is 0 Å². The molecule has 2 amide bonds. The van der Waals surface area contributed by atoms with Crippen LogP contribution in [0.15, 0.2) is 34.9 Å². The van der Waals surface area contributed by atoms with Crippen molar-refractivity contribution in [1.29, 1.82) is 0 Å². The molecule has 0 saturated carbocycles. The van der Waals surface area contributed by atoms with Gasteiger partial charge in [-0.1, -0.05) is 22.9 Å². The smallest absolute Gasteiger partial charge is 0.320 e. The van der Waals surface area contributed by atoms with E-state index >= 15 is 0 Å². The van der Waals surface area contributed by atoms with Crippen molar-refractivity contribution >= 4 is 11.8 Å². The number of ether oxygens (including phenoxy) is 1. The lowest BCUT2D eigenvalue weighted by Crippen LogP contribution is -2.30. The van der Waals surface area contributed by atoms with Gasteiger partial charge in [-0.3, -0.25) is 5.32 Å². The molecule has 0 unspecified atom stereocenters. The van der Waals surface area contributed by atoms with Gasteiger partial charge in [-0.15, -0.1) is 0 Å². The number of nitrogens with one attached hydrogen (secondary N) is 2. The monoisotopic (exact) mass is 289 g/mol. The van der Waals surface area contributed by atoms with Crippen LogP contribution in [0.4, 0.5) is 10.6 Å². The zero-order valence-corrected chi connectivity index (χ0v) is 12.2. The summed E-state index contributed by atoms with van der Waals surface area (Å²) in [5.41, 5.74) is 1.20. The minimum Gasteiger partial charge on any atom is -0.494 e. The molecule has 2 rings (SSSR count). The van der Waals surface area contributed by atoms with Crippen LogP contribution in [0.25, 0.3) is 0 Å². The van der Waals surface area contributed by atoms with E-state index in [-0.39, 0.29) is 6.03 Å². The second-order valence-electron chi connectivity index (χ2n) is 4.72. The van der Waals surface area contributed by atoms with E-state index < -0.39 is 0 Å². The Morgan fingerprint density at radius 1 is 1.29 bits per heavy atom. The van der Waals surface area contributed by atoms with Gasteiger partial charge in [0.05, 0.1) is 6.61 Å². The van der Waals surface area contributed by atoms with E-state index in [2.05, 4.69) is 15.8 Å². The molecule has 0 fully saturated rings. The SMILES string of the molecule is Cc1ccc(OCCCNC(=O)Nc2cc(C)on2)cc1. The topological polar surface area (TPSA) is 76.4 Å². The Labute approximate surface area is 123 Å². The standard InChI is InChI=1S/C15H19N3O3/c1-11-4-6-13(7-5-11)20-9-3-8-16-15(19)17-14-10-12(2)21-18-14/h4-7,10H,3,8-9H2,1-2H3,(H2,16,17,18,19). The maximum atomic E-state index is 11.5. The first-order valence-corrected chi connectivity index (χ1v) is 6.81. The van der Waals surface area contributed by atoms with Crippen LogP contribution in [-0.4, -0.2) is 24.3 Å². The second-order valence-corrected chi connectivity index (χ2v) is 4.72. The van der Waals surface area contributed by atoms with Gasteiger partial charge in [-0.05, 0) is 32.4 Å². The van der Waals surface area contributed by atoms with E-state index in [9.17, 15) is 4.79 Å². The third-order valence-corrected chi connectivity index (χ3v) is 2.77. The van der Waals surface area contributed by atoms with Gasteiger partial charge in [0, 0.05) is 12.6 Å². The molecule has 0 atom stereocenters. The minimum absolute atomic E-state index is 0.307. The number of aryl methyl sites for hydroxylation is 2. The number of carbonyl (C=O) groups excluding carboxylic acids is 1. The number of benzene rings is 1. The molecular weight excluding hydrogens is 270 g/mol. The molecule has 0 aliphatic rings. The first-order valence-electron chi connectivity index (χ1n) is 6.81. The molecule has 0 aliphatic heterocycles. The summed E-state index contributed by atoms with van der Waals surface area (Å²) in [5, 5.41) is 8.98. The molecule has 0 saturated heterocycles. The van der Waals surface area contributed by atoms with Crippen LogP contribution >= 0.6 is 0 Å². The summed E-state index contributed by atoms with van der Waals surface area (Å²) in [6.07, 6.45) is 0.721. The number of anilines is 1. The van der Waals surface area contributed by atoms with E-state index in [4.69, 9.17) is 9.26 Å². The van der Waals surface area contributed by atoms with Crippen LogP contribution < -0.4 is 15.4 Å². The van der Waals surface area contributed by atoms with E-state index in [1.54, 1.807) is 13.0 Å². The van der Waals surface area contributed by atoms with Gasteiger partial charge in [0.2, 0.25) is 0 Å². The molecule has 2 aromatic rings. The maximum Gasteiger partial charge on any atom is 0.320 e. The number of hydrogen-bond acceptors (Lipinski definition) is 4. The Kier molecular flexibility index (Phi) is 5.20. The molecule has 0 bridgehead atoms. The number of rotatable bonds is 6. The molecular formula is C15H19N3O3. The molecule has 6 nitrogen and oxygen atoms in total. The third-order valence-electron chi connectivity index (χ3n) is 2.77. The predicted molar refractivity (Wildman–Crippen MR) is 79.6 cm³/mol. The summed E-state index contributed by atoms with van der Waals surface area (Å²) in [6, 6.07) is 9.21. The molecule has 2 N–H and O–H groups in total. The number of hydrogen-bond donors (Lipinski definition) is 2. The van der Waals surface area contributed by atoms with E-state index in [0.29, 0.717) is 24.7 Å². The third kappa shape index (κ3) is 5.18. The summed E-state index contributed by atoms with van der Waals surface area (Å²) in [4.78, 5) is 11.5. The average Bonchev–Trinajstić information content (AvgIpc) is 2.86. The molecule has 0 spiro atoms. The van der Waals surface area contributed by atoms with Crippen molar-refractivity contribution in [3.63, 3.8) is 0 Å². The Morgan fingerprint density at radius 3 is 2.71 bits per heavy atom. The van der Waals surface area contributed by atoms with Crippen LogP contribution in [0.3, 0.4) is 0 Å². The molecule has 112 valence electrons. The van der Waals surface area contributed by atoms with Crippen molar-refractivity contribution < 1.29 is 14.1 Å². The van der Waals surface area contributed by atoms with Crippen LogP contribution in [0.1, 0.15) is 17.7 Å². The number of carbonyl (C=O) groups is 1. The highest BCUT2D eigenvalue weighted by Crippen LogP contribution is 2.11. The lowest BCUT2D eigenvalue weighted by molar-refractivity contribution is 0.250. The molecule has 1 aromatic heterocycles. The number of nitrogens with zero attached hydrogens (tertiary/aromatic N) is 1. The largest absolute Gasteiger partial charge is 0.494 e. The highest BCUT2D eigenvalue weighted by atomic mass is 16.5. The number of urea groups is 1. The average molecular weight is 289 g/mol. The summed E-state index contributed by atoms with van der Waals surface area (Å²) < 4.78 is 10.4. The van der Waals surface area contributed by atoms with Crippen molar-refractivity contribution in [2.24, 2.45) is 0 Å². The Hall–Kier alpha value is -2.50. The van der Waals surface area contributed by atoms with Gasteiger partial charge in [-0.25, -0.2) is 4.79 Å². The van der Waals surface area contributed by atoms with E-state index in [1.165, 1.54) is 5.56 Å². The summed E-state index contributed by atoms with van der Waals surface area (Å²) >= 11 is 0. The van der Waals surface area contributed by atoms with Crippen LogP contribution in [0.5, 0.6) is 5.75 Å². The highest BCUT2D eigenvalue weighted by Gasteiger charge is 2.04. The zero-order valence-electron chi connectivity index (χ0n) is 12.2. The molecule has 1 heterocycles. The molecule has 6 heteroatoms. The van der Waals surface area contributed by atoms with Gasteiger partial charge in [0.1, 0.15) is 11.5 Å². The first-order chi connectivity index (χ1) is 10.1. The maximum absolute atomic E-state index is 11.5. The number of amides is 2. The number of aromatic nitrogens is 1. The fourth-order valence-corrected chi connectivity index (χ4v) is 1.68.